The third-order valence-corrected chi connectivity index (χ3v) is 3.77. The Bertz CT molecular complexity index is 482. The van der Waals surface area contributed by atoms with Crippen LogP contribution in [0, 0.1) is 11.2 Å². The molecule has 124 valence electrons. The highest BCUT2D eigenvalue weighted by Crippen LogP contribution is 2.29. The summed E-state index contributed by atoms with van der Waals surface area (Å²) < 4.78 is 23.6. The van der Waals surface area contributed by atoms with E-state index in [1.54, 1.807) is 12.1 Å². The van der Waals surface area contributed by atoms with Gasteiger partial charge in [-0.2, -0.15) is 0 Å². The fourth-order valence-electron chi connectivity index (χ4n) is 2.36. The van der Waals surface area contributed by atoms with Gasteiger partial charge in [-0.25, -0.2) is 4.39 Å². The van der Waals surface area contributed by atoms with Crippen LogP contribution in [0.25, 0.3) is 0 Å². The van der Waals surface area contributed by atoms with Crippen LogP contribution in [0.2, 0.25) is 0 Å². The number of hydrogen-bond acceptors (Lipinski definition) is 4. The van der Waals surface area contributed by atoms with Crippen molar-refractivity contribution in [3.05, 3.63) is 30.1 Å². The standard InChI is InChI=1S/C15H21FN2O3.ClH/c16-12-2-1-3-13(10-12)21-9-6-18-14(19)15(11-17)4-7-20-8-5-15;/h1-3,10H,4-9,11,17H2,(H,18,19);1H. The van der Waals surface area contributed by atoms with E-state index in [0.717, 1.165) is 0 Å². The maximum Gasteiger partial charge on any atom is 0.227 e. The molecular formula is C15H22ClFN2O3. The summed E-state index contributed by atoms with van der Waals surface area (Å²) in [5, 5.41) is 2.84. The lowest BCUT2D eigenvalue weighted by Gasteiger charge is -2.34. The van der Waals surface area contributed by atoms with Crippen LogP contribution in [-0.4, -0.2) is 38.8 Å². The van der Waals surface area contributed by atoms with Crippen LogP contribution in [0.3, 0.4) is 0 Å². The summed E-state index contributed by atoms with van der Waals surface area (Å²) in [6.07, 6.45) is 1.28. The molecule has 1 amide bonds. The summed E-state index contributed by atoms with van der Waals surface area (Å²) in [6.45, 7) is 2.08. The monoisotopic (exact) mass is 332 g/mol. The van der Waals surface area contributed by atoms with Gasteiger partial charge in [0.15, 0.2) is 0 Å². The van der Waals surface area contributed by atoms with Crippen molar-refractivity contribution in [2.45, 2.75) is 12.8 Å². The summed E-state index contributed by atoms with van der Waals surface area (Å²) in [5.74, 6) is 0.0424. The molecule has 0 bridgehead atoms. The van der Waals surface area contributed by atoms with Gasteiger partial charge >= 0.3 is 0 Å². The molecule has 5 nitrogen and oxygen atoms in total. The lowest BCUT2D eigenvalue weighted by atomic mass is 9.79. The highest BCUT2D eigenvalue weighted by molar-refractivity contribution is 5.85. The van der Waals surface area contributed by atoms with Gasteiger partial charge in [0.25, 0.3) is 0 Å². The first-order valence-electron chi connectivity index (χ1n) is 7.11. The Labute approximate surface area is 135 Å². The van der Waals surface area contributed by atoms with Crippen molar-refractivity contribution in [2.75, 3.05) is 32.9 Å². The number of nitrogens with two attached hydrogens (primary N) is 1. The topological polar surface area (TPSA) is 73.6 Å². The van der Waals surface area contributed by atoms with E-state index in [0.29, 0.717) is 44.9 Å². The minimum Gasteiger partial charge on any atom is -0.492 e. The number of ether oxygens (including phenoxy) is 2. The highest BCUT2D eigenvalue weighted by atomic mass is 35.5. The summed E-state index contributed by atoms with van der Waals surface area (Å²) in [4.78, 5) is 12.3. The summed E-state index contributed by atoms with van der Waals surface area (Å²) in [6, 6.07) is 5.91. The molecule has 1 aliphatic heterocycles. The van der Waals surface area contributed by atoms with E-state index in [1.165, 1.54) is 12.1 Å². The SMILES string of the molecule is Cl.NCC1(C(=O)NCCOc2cccc(F)c2)CCOCC1. The number of rotatable bonds is 6. The minimum atomic E-state index is -0.531. The number of hydrogen-bond donors (Lipinski definition) is 2. The van der Waals surface area contributed by atoms with Crippen molar-refractivity contribution in [1.29, 1.82) is 0 Å². The zero-order chi connectivity index (χ0) is 15.1. The van der Waals surface area contributed by atoms with Crippen molar-refractivity contribution in [1.82, 2.24) is 5.32 Å². The number of carbonyl (C=O) groups is 1. The second-order valence-corrected chi connectivity index (χ2v) is 5.16. The van der Waals surface area contributed by atoms with Gasteiger partial charge in [0, 0.05) is 25.8 Å². The molecule has 3 N–H and O–H groups in total. The maximum absolute atomic E-state index is 13.0. The average molecular weight is 333 g/mol. The molecule has 0 unspecified atom stereocenters. The van der Waals surface area contributed by atoms with Crippen molar-refractivity contribution in [2.24, 2.45) is 11.1 Å². The predicted octanol–water partition coefficient (Wildman–Crippen LogP) is 1.50. The van der Waals surface area contributed by atoms with Crippen LogP contribution >= 0.6 is 12.4 Å². The lowest BCUT2D eigenvalue weighted by molar-refractivity contribution is -0.136. The Kier molecular flexibility index (Phi) is 7.58. The smallest absolute Gasteiger partial charge is 0.227 e. The summed E-state index contributed by atoms with van der Waals surface area (Å²) in [5.41, 5.74) is 5.23. The molecule has 22 heavy (non-hydrogen) atoms. The third kappa shape index (κ3) is 4.83. The molecule has 1 fully saturated rings. The maximum atomic E-state index is 13.0. The van der Waals surface area contributed by atoms with E-state index in [2.05, 4.69) is 5.32 Å². The van der Waals surface area contributed by atoms with Crippen molar-refractivity contribution in [3.63, 3.8) is 0 Å². The fraction of sp³-hybridized carbons (Fsp3) is 0.533. The van der Waals surface area contributed by atoms with E-state index in [-0.39, 0.29) is 30.7 Å². The van der Waals surface area contributed by atoms with Gasteiger partial charge in [-0.05, 0) is 25.0 Å². The normalized spacial score (nSPS) is 16.5. The highest BCUT2D eigenvalue weighted by Gasteiger charge is 2.38. The molecule has 0 aliphatic carbocycles. The molecule has 0 saturated carbocycles. The van der Waals surface area contributed by atoms with Crippen LogP contribution in [-0.2, 0) is 9.53 Å². The van der Waals surface area contributed by atoms with Gasteiger partial charge in [-0.15, -0.1) is 12.4 Å². The fourth-order valence-corrected chi connectivity index (χ4v) is 2.36. The molecule has 2 rings (SSSR count). The summed E-state index contributed by atoms with van der Waals surface area (Å²) >= 11 is 0. The van der Waals surface area contributed by atoms with Crippen LogP contribution in [0.5, 0.6) is 5.75 Å². The molecule has 1 aromatic rings. The average Bonchev–Trinajstić information content (AvgIpc) is 2.52. The van der Waals surface area contributed by atoms with E-state index in [9.17, 15) is 9.18 Å². The van der Waals surface area contributed by atoms with Gasteiger partial charge in [0.2, 0.25) is 5.91 Å². The second-order valence-electron chi connectivity index (χ2n) is 5.16. The number of halogens is 2. The van der Waals surface area contributed by atoms with Crippen LogP contribution < -0.4 is 15.8 Å². The Morgan fingerprint density at radius 2 is 2.14 bits per heavy atom. The Morgan fingerprint density at radius 3 is 2.77 bits per heavy atom. The van der Waals surface area contributed by atoms with Crippen LogP contribution in [0.15, 0.2) is 24.3 Å². The zero-order valence-electron chi connectivity index (χ0n) is 12.3. The lowest BCUT2D eigenvalue weighted by Crippen LogP contribution is -2.49. The van der Waals surface area contributed by atoms with Gasteiger partial charge in [0.05, 0.1) is 12.0 Å². The van der Waals surface area contributed by atoms with Gasteiger partial charge in [-0.1, -0.05) is 6.07 Å². The van der Waals surface area contributed by atoms with Gasteiger partial charge < -0.3 is 20.5 Å². The van der Waals surface area contributed by atoms with E-state index < -0.39 is 5.41 Å². The molecule has 0 aromatic heterocycles. The predicted molar refractivity (Wildman–Crippen MR) is 83.7 cm³/mol. The first kappa shape index (κ1) is 18.7. The third-order valence-electron chi connectivity index (χ3n) is 3.77. The van der Waals surface area contributed by atoms with Crippen molar-refractivity contribution < 1.29 is 18.7 Å². The van der Waals surface area contributed by atoms with Crippen molar-refractivity contribution >= 4 is 18.3 Å². The molecule has 7 heteroatoms. The zero-order valence-corrected chi connectivity index (χ0v) is 13.2. The number of nitrogens with one attached hydrogen (secondary N) is 1. The molecule has 0 radical (unpaired) electrons. The molecule has 1 aromatic carbocycles. The van der Waals surface area contributed by atoms with E-state index in [4.69, 9.17) is 15.2 Å². The molecular weight excluding hydrogens is 311 g/mol. The van der Waals surface area contributed by atoms with Gasteiger partial charge in [-0.3, -0.25) is 4.79 Å². The first-order valence-corrected chi connectivity index (χ1v) is 7.11. The minimum absolute atomic E-state index is 0. The molecule has 1 aliphatic rings. The van der Waals surface area contributed by atoms with Crippen molar-refractivity contribution in [3.8, 4) is 5.75 Å². The van der Waals surface area contributed by atoms with Gasteiger partial charge in [0.1, 0.15) is 18.2 Å². The largest absolute Gasteiger partial charge is 0.492 e. The quantitative estimate of drug-likeness (QED) is 0.774. The number of benzene rings is 1. The van der Waals surface area contributed by atoms with E-state index in [1.807, 2.05) is 0 Å². The Balaban J connectivity index is 0.00000242. The van der Waals surface area contributed by atoms with E-state index >= 15 is 0 Å². The second kappa shape index (κ2) is 8.92. The molecule has 0 atom stereocenters. The number of amides is 1. The molecule has 1 heterocycles. The Hall–Kier alpha value is -1.37. The molecule has 0 spiro atoms. The first-order chi connectivity index (χ1) is 10.2. The van der Waals surface area contributed by atoms with Crippen LogP contribution in [0.4, 0.5) is 4.39 Å². The molecule has 1 saturated heterocycles. The Morgan fingerprint density at radius 1 is 1.41 bits per heavy atom. The summed E-state index contributed by atoms with van der Waals surface area (Å²) in [7, 11) is 0. The van der Waals surface area contributed by atoms with Crippen LogP contribution in [0.1, 0.15) is 12.8 Å². The number of carbonyl (C=O) groups excluding carboxylic acids is 1.